The first-order chi connectivity index (χ1) is 17.4. The minimum absolute atomic E-state index is 0.0193. The van der Waals surface area contributed by atoms with E-state index in [0.29, 0.717) is 29.9 Å². The van der Waals surface area contributed by atoms with Gasteiger partial charge in [0.25, 0.3) is 0 Å². The van der Waals surface area contributed by atoms with E-state index in [-0.39, 0.29) is 29.8 Å². The van der Waals surface area contributed by atoms with Crippen LogP contribution in [-0.2, 0) is 0 Å². The summed E-state index contributed by atoms with van der Waals surface area (Å²) in [5, 5.41) is 2.94. The van der Waals surface area contributed by atoms with E-state index in [2.05, 4.69) is 25.6 Å². The number of benzene rings is 1. The van der Waals surface area contributed by atoms with E-state index in [0.717, 1.165) is 18.7 Å². The number of nitrogens with two attached hydrogens (primary N) is 2. The van der Waals surface area contributed by atoms with E-state index in [1.54, 1.807) is 23.2 Å². The summed E-state index contributed by atoms with van der Waals surface area (Å²) in [5.41, 5.74) is 10.6. The summed E-state index contributed by atoms with van der Waals surface area (Å²) >= 11 is 0. The Morgan fingerprint density at radius 1 is 1.14 bits per heavy atom. The van der Waals surface area contributed by atoms with Crippen molar-refractivity contribution in [3.63, 3.8) is 0 Å². The van der Waals surface area contributed by atoms with E-state index in [1.807, 2.05) is 25.2 Å². The molecule has 0 saturated carbocycles. The highest BCUT2D eigenvalue weighted by molar-refractivity contribution is 6.03. The molecule has 1 aromatic carbocycles. The van der Waals surface area contributed by atoms with Crippen LogP contribution in [0, 0.1) is 0 Å². The Morgan fingerprint density at radius 3 is 2.67 bits per heavy atom. The fraction of sp³-hybridized carbons (Fsp3) is 0.240. The van der Waals surface area contributed by atoms with Gasteiger partial charge in [0.2, 0.25) is 0 Å². The standard InChI is InChI=1S/C25H28F2N8O/c1-34-9-11-35(12-10-34)25(36)31-18-6-4-5-16(13-18)17-14-19(23(28)30-15-17)24(33-29)32-21-8-3-2-7-20(26)22(21)27/h2-6,8,13-15H,7,9-12,29H2,1H3,(H2,28,30)(H,31,36)(H,32,33). The van der Waals surface area contributed by atoms with E-state index in [4.69, 9.17) is 11.6 Å². The molecule has 0 unspecified atom stereocenters. The van der Waals surface area contributed by atoms with Crippen LogP contribution in [0.3, 0.4) is 0 Å². The van der Waals surface area contributed by atoms with Gasteiger partial charge in [-0.3, -0.25) is 0 Å². The Morgan fingerprint density at radius 2 is 1.92 bits per heavy atom. The van der Waals surface area contributed by atoms with Crippen LogP contribution in [0.15, 0.2) is 77.1 Å². The molecule has 0 bridgehead atoms. The van der Waals surface area contributed by atoms with Crippen molar-refractivity contribution in [1.29, 1.82) is 0 Å². The quantitative estimate of drug-likeness (QED) is 0.224. The van der Waals surface area contributed by atoms with Gasteiger partial charge in [-0.2, -0.15) is 0 Å². The third kappa shape index (κ3) is 5.75. The lowest BCUT2D eigenvalue weighted by atomic mass is 10.0. The normalized spacial score (nSPS) is 17.1. The number of halogens is 2. The van der Waals surface area contributed by atoms with Crippen molar-refractivity contribution in [3.8, 4) is 11.1 Å². The number of aromatic nitrogens is 1. The number of carbonyl (C=O) groups is 1. The van der Waals surface area contributed by atoms with Gasteiger partial charge in [-0.1, -0.05) is 24.3 Å². The fourth-order valence-corrected chi connectivity index (χ4v) is 3.82. The summed E-state index contributed by atoms with van der Waals surface area (Å²) in [4.78, 5) is 25.0. The van der Waals surface area contributed by atoms with Crippen molar-refractivity contribution in [1.82, 2.24) is 20.2 Å². The molecule has 1 saturated heterocycles. The number of allylic oxidation sites excluding steroid dienone is 5. The number of hydrazine groups is 1. The van der Waals surface area contributed by atoms with Crippen LogP contribution in [0.2, 0.25) is 0 Å². The van der Waals surface area contributed by atoms with Gasteiger partial charge in [-0.05, 0) is 36.9 Å². The molecule has 4 rings (SSSR count). The van der Waals surface area contributed by atoms with Crippen LogP contribution >= 0.6 is 0 Å². The zero-order chi connectivity index (χ0) is 25.7. The highest BCUT2D eigenvalue weighted by Crippen LogP contribution is 2.27. The highest BCUT2D eigenvalue weighted by Gasteiger charge is 2.20. The highest BCUT2D eigenvalue weighted by atomic mass is 19.2. The first kappa shape index (κ1) is 25.0. The van der Waals surface area contributed by atoms with E-state index in [1.165, 1.54) is 18.2 Å². The number of amides is 2. The molecular weight excluding hydrogens is 466 g/mol. The Labute approximate surface area is 207 Å². The minimum atomic E-state index is -1.07. The van der Waals surface area contributed by atoms with Gasteiger partial charge in [0.1, 0.15) is 17.3 Å². The summed E-state index contributed by atoms with van der Waals surface area (Å²) < 4.78 is 28.3. The smallest absolute Gasteiger partial charge is 0.321 e. The van der Waals surface area contributed by atoms with Gasteiger partial charge in [-0.15, -0.1) is 0 Å². The number of likely N-dealkylation sites (N-methyl/N-ethyl adjacent to an activating group) is 1. The molecule has 6 N–H and O–H groups in total. The molecule has 0 spiro atoms. The number of hydrogen-bond acceptors (Lipinski definition) is 6. The molecule has 0 radical (unpaired) electrons. The third-order valence-electron chi connectivity index (χ3n) is 5.93. The monoisotopic (exact) mass is 494 g/mol. The molecule has 1 aliphatic heterocycles. The number of urea groups is 1. The molecule has 0 atom stereocenters. The molecule has 2 amide bonds. The van der Waals surface area contributed by atoms with Gasteiger partial charge >= 0.3 is 6.03 Å². The molecule has 2 heterocycles. The molecule has 1 fully saturated rings. The van der Waals surface area contributed by atoms with Gasteiger partial charge < -0.3 is 26.3 Å². The van der Waals surface area contributed by atoms with Gasteiger partial charge in [0.15, 0.2) is 11.7 Å². The van der Waals surface area contributed by atoms with Crippen molar-refractivity contribution < 1.29 is 13.6 Å². The molecule has 9 nitrogen and oxygen atoms in total. The number of pyridine rings is 1. The van der Waals surface area contributed by atoms with Gasteiger partial charge in [0.05, 0.1) is 5.56 Å². The summed E-state index contributed by atoms with van der Waals surface area (Å²) in [6.07, 6.45) is 5.76. The number of nitrogens with zero attached hydrogens (tertiary/aromatic N) is 4. The summed E-state index contributed by atoms with van der Waals surface area (Å²) in [6.45, 7) is 2.97. The lowest BCUT2D eigenvalue weighted by molar-refractivity contribution is 0.164. The largest absolute Gasteiger partial charge is 0.383 e. The van der Waals surface area contributed by atoms with E-state index in [9.17, 15) is 13.6 Å². The average molecular weight is 495 g/mol. The maximum Gasteiger partial charge on any atom is 0.321 e. The molecular formula is C25H28F2N8O. The molecule has 36 heavy (non-hydrogen) atoms. The molecule has 1 aliphatic carbocycles. The summed E-state index contributed by atoms with van der Waals surface area (Å²) in [6, 6.07) is 8.80. The molecule has 2 aliphatic rings. The van der Waals surface area contributed by atoms with Gasteiger partial charge in [0, 0.05) is 50.0 Å². The number of nitrogen functional groups attached to an aromatic ring is 1. The Bertz CT molecular complexity index is 1260. The van der Waals surface area contributed by atoms with E-state index >= 15 is 0 Å². The second-order valence-electron chi connectivity index (χ2n) is 8.47. The lowest BCUT2D eigenvalue weighted by Crippen LogP contribution is -2.48. The van der Waals surface area contributed by atoms with Crippen LogP contribution in [-0.4, -0.2) is 59.9 Å². The number of amidine groups is 1. The molecule has 11 heteroatoms. The first-order valence-electron chi connectivity index (χ1n) is 11.4. The second kappa shape index (κ2) is 11.1. The Hall–Kier alpha value is -4.09. The summed E-state index contributed by atoms with van der Waals surface area (Å²) in [7, 11) is 2.03. The Balaban J connectivity index is 1.60. The zero-order valence-corrected chi connectivity index (χ0v) is 19.8. The number of anilines is 2. The van der Waals surface area contributed by atoms with Crippen LogP contribution in [0.4, 0.5) is 25.1 Å². The maximum atomic E-state index is 14.4. The Kier molecular flexibility index (Phi) is 7.71. The van der Waals surface area contributed by atoms with Crippen molar-refractivity contribution in [2.24, 2.45) is 10.8 Å². The predicted molar refractivity (Wildman–Crippen MR) is 137 cm³/mol. The SMILES string of the molecule is CN1CCN(C(=O)Nc2cccc(-c3cnc(N)c(C(=NC4=CC=CCC(F)=C4F)NN)c3)c2)CC1. The number of carbonyl (C=O) groups excluding carboxylic acids is 1. The van der Waals surface area contributed by atoms with Crippen molar-refractivity contribution in [3.05, 3.63) is 77.7 Å². The summed E-state index contributed by atoms with van der Waals surface area (Å²) in [5.74, 6) is 3.79. The molecule has 2 aromatic rings. The van der Waals surface area contributed by atoms with Crippen LogP contribution in [0.5, 0.6) is 0 Å². The number of hydrogen-bond donors (Lipinski definition) is 4. The minimum Gasteiger partial charge on any atom is -0.383 e. The first-order valence-corrected chi connectivity index (χ1v) is 11.4. The van der Waals surface area contributed by atoms with E-state index < -0.39 is 11.7 Å². The third-order valence-corrected chi connectivity index (χ3v) is 5.93. The fourth-order valence-electron chi connectivity index (χ4n) is 3.82. The average Bonchev–Trinajstić information content (AvgIpc) is 3.04. The van der Waals surface area contributed by atoms with Crippen LogP contribution in [0.1, 0.15) is 12.0 Å². The lowest BCUT2D eigenvalue weighted by Gasteiger charge is -2.32. The topological polar surface area (TPSA) is 125 Å². The number of aliphatic imine (C=N–C) groups is 1. The van der Waals surface area contributed by atoms with Gasteiger partial charge in [-0.25, -0.2) is 29.4 Å². The van der Waals surface area contributed by atoms with Crippen molar-refractivity contribution in [2.75, 3.05) is 44.3 Å². The predicted octanol–water partition coefficient (Wildman–Crippen LogP) is 3.31. The molecule has 1 aromatic heterocycles. The number of rotatable bonds is 4. The van der Waals surface area contributed by atoms with Crippen molar-refractivity contribution >= 4 is 23.4 Å². The van der Waals surface area contributed by atoms with Crippen LogP contribution in [0.25, 0.3) is 11.1 Å². The van der Waals surface area contributed by atoms with Crippen molar-refractivity contribution in [2.45, 2.75) is 6.42 Å². The molecule has 188 valence electrons. The zero-order valence-electron chi connectivity index (χ0n) is 19.8. The van der Waals surface area contributed by atoms with Crippen LogP contribution < -0.4 is 22.3 Å². The maximum absolute atomic E-state index is 14.4. The number of piperazine rings is 1. The number of nitrogens with one attached hydrogen (secondary N) is 2. The second-order valence-corrected chi connectivity index (χ2v) is 8.47.